The fraction of sp³-hybridized carbons (Fsp3) is 0.833. The maximum atomic E-state index is 11.3. The van der Waals surface area contributed by atoms with Gasteiger partial charge in [0.1, 0.15) is 5.84 Å². The lowest BCUT2D eigenvalue weighted by Gasteiger charge is -2.14. The van der Waals surface area contributed by atoms with E-state index in [0.29, 0.717) is 0 Å². The molecule has 0 aromatic heterocycles. The number of rotatable bonds is 4. The highest BCUT2D eigenvalue weighted by atomic mass is 31.2. The van der Waals surface area contributed by atoms with Crippen molar-refractivity contribution in [3.8, 4) is 0 Å². The zero-order valence-electron chi connectivity index (χ0n) is 7.27. The van der Waals surface area contributed by atoms with Gasteiger partial charge < -0.3 is 15.8 Å². The summed E-state index contributed by atoms with van der Waals surface area (Å²) in [6, 6.07) is 0. The van der Waals surface area contributed by atoms with E-state index in [4.69, 9.17) is 10.9 Å². The van der Waals surface area contributed by atoms with Crippen LogP contribution in [0.25, 0.3) is 0 Å². The van der Waals surface area contributed by atoms with Crippen molar-refractivity contribution in [2.75, 3.05) is 6.16 Å². The fourth-order valence-corrected chi connectivity index (χ4v) is 1.65. The summed E-state index contributed by atoms with van der Waals surface area (Å²) in [6.07, 6.45) is 0.225. The first-order chi connectivity index (χ1) is 5.40. The van der Waals surface area contributed by atoms with Crippen LogP contribution >= 0.6 is 7.37 Å². The van der Waals surface area contributed by atoms with Crippen LogP contribution in [0.1, 0.15) is 20.3 Å². The van der Waals surface area contributed by atoms with Gasteiger partial charge in [-0.2, -0.15) is 0 Å². The third-order valence-corrected chi connectivity index (χ3v) is 4.10. The summed E-state index contributed by atoms with van der Waals surface area (Å²) in [5.41, 5.74) is 4.87. The lowest BCUT2D eigenvalue weighted by molar-refractivity contribution is 0.317. The zero-order valence-corrected chi connectivity index (χ0v) is 8.16. The highest BCUT2D eigenvalue weighted by molar-refractivity contribution is 7.58. The molecule has 0 aromatic rings. The molecule has 72 valence electrons. The van der Waals surface area contributed by atoms with Crippen LogP contribution in [0.5, 0.6) is 0 Å². The molecule has 0 fully saturated rings. The Morgan fingerprint density at radius 2 is 2.17 bits per heavy atom. The van der Waals surface area contributed by atoms with Gasteiger partial charge in [-0.3, -0.25) is 4.57 Å². The molecule has 0 heterocycles. The second kappa shape index (κ2) is 4.48. The summed E-state index contributed by atoms with van der Waals surface area (Å²) >= 11 is 0. The highest BCUT2D eigenvalue weighted by Crippen LogP contribution is 2.46. The molecular weight excluding hydrogens is 179 g/mol. The van der Waals surface area contributed by atoms with Gasteiger partial charge in [-0.15, -0.1) is 0 Å². The third-order valence-electron chi connectivity index (χ3n) is 1.62. The van der Waals surface area contributed by atoms with Crippen LogP contribution in [0.2, 0.25) is 0 Å². The van der Waals surface area contributed by atoms with E-state index >= 15 is 0 Å². The molecule has 12 heavy (non-hydrogen) atoms. The first kappa shape index (κ1) is 11.5. The molecule has 4 N–H and O–H groups in total. The SMILES string of the molecule is CC(C)P(=O)(O)CCC(N)=NO. The van der Waals surface area contributed by atoms with Crippen molar-refractivity contribution in [1.29, 1.82) is 0 Å². The lowest BCUT2D eigenvalue weighted by Crippen LogP contribution is -2.14. The highest BCUT2D eigenvalue weighted by Gasteiger charge is 2.22. The number of nitrogens with zero attached hydrogens (tertiary/aromatic N) is 1. The Kier molecular flexibility index (Phi) is 4.28. The number of amidine groups is 1. The van der Waals surface area contributed by atoms with E-state index in [2.05, 4.69) is 5.16 Å². The molecule has 0 saturated heterocycles. The predicted molar refractivity (Wildman–Crippen MR) is 47.9 cm³/mol. The van der Waals surface area contributed by atoms with E-state index in [0.717, 1.165) is 0 Å². The molecule has 1 atom stereocenters. The Balaban J connectivity index is 4.02. The standard InChI is InChI=1S/C6H15N2O3P/c1-5(2)12(10,11)4-3-6(7)8-9/h5,9H,3-4H2,1-2H3,(H2,7,8)(H,10,11). The predicted octanol–water partition coefficient (Wildman–Crippen LogP) is 0.802. The zero-order chi connectivity index (χ0) is 9.78. The van der Waals surface area contributed by atoms with Gasteiger partial charge in [0.25, 0.3) is 0 Å². The van der Waals surface area contributed by atoms with Gasteiger partial charge in [0, 0.05) is 18.2 Å². The Bertz CT molecular complexity index is 215. The Hall–Kier alpha value is -0.540. The molecule has 0 aromatic carbocycles. The van der Waals surface area contributed by atoms with Crippen LogP contribution in [0.4, 0.5) is 0 Å². The van der Waals surface area contributed by atoms with Crippen molar-refractivity contribution < 1.29 is 14.7 Å². The van der Waals surface area contributed by atoms with Crippen molar-refractivity contribution >= 4 is 13.2 Å². The quantitative estimate of drug-likeness (QED) is 0.203. The second-order valence-corrected chi connectivity index (χ2v) is 5.91. The largest absolute Gasteiger partial charge is 0.409 e. The van der Waals surface area contributed by atoms with E-state index in [9.17, 15) is 9.46 Å². The smallest absolute Gasteiger partial charge is 0.203 e. The maximum Gasteiger partial charge on any atom is 0.203 e. The number of nitrogens with two attached hydrogens (primary N) is 1. The van der Waals surface area contributed by atoms with Gasteiger partial charge in [0.15, 0.2) is 0 Å². The van der Waals surface area contributed by atoms with E-state index in [1.807, 2.05) is 0 Å². The van der Waals surface area contributed by atoms with Gasteiger partial charge in [-0.1, -0.05) is 19.0 Å². The van der Waals surface area contributed by atoms with Crippen LogP contribution in [0, 0.1) is 0 Å². The minimum atomic E-state index is -3.10. The topological polar surface area (TPSA) is 95.9 Å². The summed E-state index contributed by atoms with van der Waals surface area (Å²) in [5.74, 6) is -0.00933. The van der Waals surface area contributed by atoms with Crippen molar-refractivity contribution in [2.24, 2.45) is 10.9 Å². The fourth-order valence-electron chi connectivity index (χ4n) is 0.583. The average Bonchev–Trinajstić information content (AvgIpc) is 2.00. The summed E-state index contributed by atoms with van der Waals surface area (Å²) in [7, 11) is -3.10. The van der Waals surface area contributed by atoms with Gasteiger partial charge in [0.2, 0.25) is 7.37 Å². The summed E-state index contributed by atoms with van der Waals surface area (Å²) in [4.78, 5) is 9.30. The molecule has 1 unspecified atom stereocenters. The monoisotopic (exact) mass is 194 g/mol. The average molecular weight is 194 g/mol. The van der Waals surface area contributed by atoms with Crippen LogP contribution in [-0.2, 0) is 4.57 Å². The number of hydrogen-bond acceptors (Lipinski definition) is 3. The van der Waals surface area contributed by atoms with Crippen molar-refractivity contribution in [3.05, 3.63) is 0 Å². The van der Waals surface area contributed by atoms with Crippen LogP contribution in [0.3, 0.4) is 0 Å². The Morgan fingerprint density at radius 3 is 2.50 bits per heavy atom. The number of hydrogen-bond donors (Lipinski definition) is 3. The molecule has 0 rings (SSSR count). The molecule has 0 aliphatic carbocycles. The summed E-state index contributed by atoms with van der Waals surface area (Å²) in [5, 5.41) is 10.9. The Morgan fingerprint density at radius 1 is 1.67 bits per heavy atom. The van der Waals surface area contributed by atoms with E-state index in [1.54, 1.807) is 13.8 Å². The van der Waals surface area contributed by atoms with Crippen LogP contribution in [0.15, 0.2) is 5.16 Å². The van der Waals surface area contributed by atoms with Crippen LogP contribution in [-0.4, -0.2) is 27.8 Å². The molecule has 0 bridgehead atoms. The third kappa shape index (κ3) is 3.74. The van der Waals surface area contributed by atoms with E-state index < -0.39 is 7.37 Å². The van der Waals surface area contributed by atoms with Crippen molar-refractivity contribution in [3.63, 3.8) is 0 Å². The van der Waals surface area contributed by atoms with Crippen molar-refractivity contribution in [2.45, 2.75) is 25.9 Å². The van der Waals surface area contributed by atoms with Crippen LogP contribution < -0.4 is 5.73 Å². The van der Waals surface area contributed by atoms with E-state index in [-0.39, 0.29) is 24.1 Å². The molecule has 0 spiro atoms. The molecular formula is C6H15N2O3P. The molecule has 5 nitrogen and oxygen atoms in total. The first-order valence-corrected chi connectivity index (χ1v) is 5.59. The molecule has 6 heteroatoms. The van der Waals surface area contributed by atoms with E-state index in [1.165, 1.54) is 0 Å². The van der Waals surface area contributed by atoms with Gasteiger partial charge in [-0.05, 0) is 0 Å². The minimum Gasteiger partial charge on any atom is -0.409 e. The summed E-state index contributed by atoms with van der Waals surface area (Å²) < 4.78 is 11.3. The molecule has 0 aliphatic rings. The Labute approximate surface area is 71.7 Å². The second-order valence-electron chi connectivity index (χ2n) is 2.91. The number of oxime groups is 1. The molecule has 0 amide bonds. The van der Waals surface area contributed by atoms with Crippen molar-refractivity contribution in [1.82, 2.24) is 0 Å². The minimum absolute atomic E-state index is 0.00933. The molecule has 0 aliphatic heterocycles. The summed E-state index contributed by atoms with van der Waals surface area (Å²) in [6.45, 7) is 3.35. The first-order valence-electron chi connectivity index (χ1n) is 3.68. The lowest BCUT2D eigenvalue weighted by atomic mass is 10.5. The maximum absolute atomic E-state index is 11.3. The molecule has 0 saturated carbocycles. The molecule has 0 radical (unpaired) electrons. The normalized spacial score (nSPS) is 17.8. The van der Waals surface area contributed by atoms with Gasteiger partial charge >= 0.3 is 0 Å². The van der Waals surface area contributed by atoms with Gasteiger partial charge in [0.05, 0.1) is 0 Å². The van der Waals surface area contributed by atoms with Gasteiger partial charge in [-0.25, -0.2) is 0 Å².